The largest absolute Gasteiger partial charge is 0.333 e. The molecule has 0 saturated carbocycles. The molecule has 15 heavy (non-hydrogen) atoms. The third-order valence-electron chi connectivity index (χ3n) is 2.73. The minimum absolute atomic E-state index is 0.0215. The first kappa shape index (κ1) is 10.4. The van der Waals surface area contributed by atoms with E-state index in [1.165, 1.54) is 0 Å². The van der Waals surface area contributed by atoms with Crippen LogP contribution in [0.3, 0.4) is 0 Å². The molecule has 0 aliphatic carbocycles. The molecule has 0 radical (unpaired) electrons. The summed E-state index contributed by atoms with van der Waals surface area (Å²) in [7, 11) is 1.98. The van der Waals surface area contributed by atoms with Gasteiger partial charge in [0, 0.05) is 19.0 Å². The van der Waals surface area contributed by atoms with Crippen molar-refractivity contribution in [1.82, 2.24) is 14.9 Å². The molecule has 0 saturated heterocycles. The van der Waals surface area contributed by atoms with Crippen molar-refractivity contribution in [3.8, 4) is 0 Å². The summed E-state index contributed by atoms with van der Waals surface area (Å²) in [5, 5.41) is 3.09. The molecule has 0 spiro atoms. The van der Waals surface area contributed by atoms with Gasteiger partial charge in [-0.1, -0.05) is 20.8 Å². The van der Waals surface area contributed by atoms with Gasteiger partial charge in [-0.25, -0.2) is 4.98 Å². The quantitative estimate of drug-likeness (QED) is 0.690. The average Bonchev–Trinajstić information content (AvgIpc) is 2.45. The third-order valence-corrected chi connectivity index (χ3v) is 2.73. The lowest BCUT2D eigenvalue weighted by Crippen LogP contribution is -2.30. The summed E-state index contributed by atoms with van der Waals surface area (Å²) in [4.78, 5) is 16.1. The van der Waals surface area contributed by atoms with E-state index >= 15 is 0 Å². The number of aromatic nitrogens is 2. The lowest BCUT2D eigenvalue weighted by molar-refractivity contribution is 0.0977. The lowest BCUT2D eigenvalue weighted by Gasteiger charge is -2.18. The summed E-state index contributed by atoms with van der Waals surface area (Å²) in [5.74, 6) is 1.08. The van der Waals surface area contributed by atoms with Crippen LogP contribution >= 0.6 is 0 Å². The van der Waals surface area contributed by atoms with Crippen LogP contribution < -0.4 is 5.32 Å². The fourth-order valence-corrected chi connectivity index (χ4v) is 2.01. The van der Waals surface area contributed by atoms with Gasteiger partial charge in [0.15, 0.2) is 5.78 Å². The number of carbonyl (C=O) groups is 1. The van der Waals surface area contributed by atoms with E-state index in [-0.39, 0.29) is 11.2 Å². The maximum atomic E-state index is 11.6. The van der Waals surface area contributed by atoms with E-state index < -0.39 is 0 Å². The minimum atomic E-state index is -0.0215. The molecular weight excluding hydrogens is 190 g/mol. The van der Waals surface area contributed by atoms with Gasteiger partial charge in [-0.05, 0) is 0 Å². The molecule has 2 rings (SSSR count). The maximum absolute atomic E-state index is 11.6. The van der Waals surface area contributed by atoms with Crippen molar-refractivity contribution in [3.63, 3.8) is 0 Å². The highest BCUT2D eigenvalue weighted by molar-refractivity contribution is 5.97. The molecule has 0 aromatic carbocycles. The van der Waals surface area contributed by atoms with Crippen molar-refractivity contribution in [2.24, 2.45) is 7.05 Å². The summed E-state index contributed by atoms with van der Waals surface area (Å²) in [5.41, 5.74) is 1.64. The number of rotatable bonds is 0. The van der Waals surface area contributed by atoms with Gasteiger partial charge in [-0.15, -0.1) is 0 Å². The number of Topliss-reactive ketones (excluding diaryl/α,β-unsaturated/α-hetero) is 1. The Bertz CT molecular complexity index is 412. The molecule has 1 N–H and O–H groups in total. The Morgan fingerprint density at radius 1 is 1.33 bits per heavy atom. The molecule has 4 heteroatoms. The van der Waals surface area contributed by atoms with Crippen LogP contribution in [-0.2, 0) is 19.0 Å². The van der Waals surface area contributed by atoms with Gasteiger partial charge in [-0.2, -0.15) is 0 Å². The van der Waals surface area contributed by atoms with Crippen molar-refractivity contribution >= 4 is 5.78 Å². The van der Waals surface area contributed by atoms with Gasteiger partial charge in [0.1, 0.15) is 11.5 Å². The topological polar surface area (TPSA) is 46.9 Å². The Kier molecular flexibility index (Phi) is 2.19. The van der Waals surface area contributed by atoms with Crippen molar-refractivity contribution in [1.29, 1.82) is 0 Å². The second-order valence-electron chi connectivity index (χ2n) is 5.07. The minimum Gasteiger partial charge on any atom is -0.333 e. The molecule has 1 aromatic rings. The summed E-state index contributed by atoms with van der Waals surface area (Å²) < 4.78 is 2.04. The number of ketones is 1. The normalized spacial score (nSPS) is 16.7. The van der Waals surface area contributed by atoms with E-state index in [2.05, 4.69) is 31.1 Å². The van der Waals surface area contributed by atoms with E-state index in [4.69, 9.17) is 0 Å². The standard InChI is InChI=1S/C11H17N3O/c1-11(2,3)10-13-9-7(14(10)4)5-12-6-8(9)15/h12H,5-6H2,1-4H3. The third kappa shape index (κ3) is 1.59. The highest BCUT2D eigenvalue weighted by Gasteiger charge is 2.28. The van der Waals surface area contributed by atoms with E-state index in [0.29, 0.717) is 12.2 Å². The molecule has 0 fully saturated rings. The Morgan fingerprint density at radius 2 is 2.00 bits per heavy atom. The van der Waals surface area contributed by atoms with Crippen LogP contribution in [-0.4, -0.2) is 21.9 Å². The van der Waals surface area contributed by atoms with Gasteiger partial charge in [-0.3, -0.25) is 4.79 Å². The molecule has 0 unspecified atom stereocenters. The molecule has 4 nitrogen and oxygen atoms in total. The fraction of sp³-hybridized carbons (Fsp3) is 0.636. The first-order valence-electron chi connectivity index (χ1n) is 5.21. The molecule has 1 aromatic heterocycles. The van der Waals surface area contributed by atoms with Crippen molar-refractivity contribution in [2.45, 2.75) is 32.7 Å². The smallest absolute Gasteiger partial charge is 0.196 e. The molecule has 2 heterocycles. The molecular formula is C11H17N3O. The van der Waals surface area contributed by atoms with E-state index in [9.17, 15) is 4.79 Å². The molecule has 1 aliphatic rings. The number of hydrogen-bond acceptors (Lipinski definition) is 3. The Labute approximate surface area is 89.7 Å². The SMILES string of the molecule is Cn1c(C(C)(C)C)nc2c1CNCC2=O. The van der Waals surface area contributed by atoms with Gasteiger partial charge in [0.25, 0.3) is 0 Å². The predicted molar refractivity (Wildman–Crippen MR) is 57.9 cm³/mol. The first-order chi connectivity index (χ1) is 6.91. The van der Waals surface area contributed by atoms with E-state index in [0.717, 1.165) is 18.1 Å². The zero-order chi connectivity index (χ0) is 11.2. The van der Waals surface area contributed by atoms with Gasteiger partial charge in [0.2, 0.25) is 0 Å². The van der Waals surface area contributed by atoms with Crippen LogP contribution in [0.15, 0.2) is 0 Å². The lowest BCUT2D eigenvalue weighted by atomic mass is 9.96. The number of nitrogens with one attached hydrogen (secondary N) is 1. The summed E-state index contributed by atoms with van der Waals surface area (Å²) in [6, 6.07) is 0. The number of carbonyl (C=O) groups excluding carboxylic acids is 1. The Morgan fingerprint density at radius 3 is 2.53 bits per heavy atom. The maximum Gasteiger partial charge on any atom is 0.196 e. The highest BCUT2D eigenvalue weighted by Crippen LogP contribution is 2.24. The summed E-state index contributed by atoms with van der Waals surface area (Å²) in [6.07, 6.45) is 0. The first-order valence-corrected chi connectivity index (χ1v) is 5.21. The van der Waals surface area contributed by atoms with Crippen LogP contribution in [0.25, 0.3) is 0 Å². The van der Waals surface area contributed by atoms with Crippen molar-refractivity contribution in [2.75, 3.05) is 6.54 Å². The molecule has 0 bridgehead atoms. The molecule has 1 aliphatic heterocycles. The second kappa shape index (κ2) is 3.17. The highest BCUT2D eigenvalue weighted by atomic mass is 16.1. The molecule has 0 amide bonds. The zero-order valence-corrected chi connectivity index (χ0v) is 9.72. The monoisotopic (exact) mass is 207 g/mol. The second-order valence-corrected chi connectivity index (χ2v) is 5.07. The number of imidazole rings is 1. The van der Waals surface area contributed by atoms with Crippen molar-refractivity contribution < 1.29 is 4.79 Å². The number of nitrogens with zero attached hydrogens (tertiary/aromatic N) is 2. The fourth-order valence-electron chi connectivity index (χ4n) is 2.01. The Balaban J connectivity index is 2.58. The summed E-state index contributed by atoms with van der Waals surface area (Å²) >= 11 is 0. The Hall–Kier alpha value is -1.16. The van der Waals surface area contributed by atoms with Gasteiger partial charge >= 0.3 is 0 Å². The van der Waals surface area contributed by atoms with Crippen LogP contribution in [0.5, 0.6) is 0 Å². The van der Waals surface area contributed by atoms with Crippen LogP contribution in [0.1, 0.15) is 42.8 Å². The molecule has 0 atom stereocenters. The van der Waals surface area contributed by atoms with Crippen LogP contribution in [0.2, 0.25) is 0 Å². The predicted octanol–water partition coefficient (Wildman–Crippen LogP) is 1.00. The van der Waals surface area contributed by atoms with Gasteiger partial charge < -0.3 is 9.88 Å². The number of hydrogen-bond donors (Lipinski definition) is 1. The average molecular weight is 207 g/mol. The van der Waals surface area contributed by atoms with E-state index in [1.807, 2.05) is 11.6 Å². The molecule has 82 valence electrons. The number of fused-ring (bicyclic) bond motifs is 1. The zero-order valence-electron chi connectivity index (χ0n) is 9.72. The summed E-state index contributed by atoms with van der Waals surface area (Å²) in [6.45, 7) is 7.48. The van der Waals surface area contributed by atoms with Crippen LogP contribution in [0.4, 0.5) is 0 Å². The van der Waals surface area contributed by atoms with Crippen LogP contribution in [0, 0.1) is 0 Å². The van der Waals surface area contributed by atoms with Crippen molar-refractivity contribution in [3.05, 3.63) is 17.2 Å². The van der Waals surface area contributed by atoms with E-state index in [1.54, 1.807) is 0 Å². The van der Waals surface area contributed by atoms with Gasteiger partial charge in [0.05, 0.1) is 12.2 Å².